The SMILES string of the molecule is CC(C)n1cnc2cc(-c3ccc4c(c3)N([C@H]3C[C@@H](N5CCCCC5)C3)C(=O)C43CCN(C(=O)[C@@H](C)O)CC3)nc(Nc3ccnc(F)c3F)c21. The third kappa shape index (κ3) is 5.65. The lowest BCUT2D eigenvalue weighted by atomic mass is 9.73. The minimum atomic E-state index is -1.21. The summed E-state index contributed by atoms with van der Waals surface area (Å²) in [6.45, 7) is 8.50. The molecule has 268 valence electrons. The largest absolute Gasteiger partial charge is 0.384 e. The molecule has 2 amide bonds. The standard InChI is InChI=1S/C38H44F2N8O3/c1-22(2)47-21-42-30-20-29(44-35(33(30)47)43-28-9-12-41-34(40)32(28)39)24-7-8-27-31(17-24)48(26-18-25(19-26)45-13-5-4-6-14-45)37(51)38(27)10-15-46(16-11-38)36(50)23(3)49/h7-9,12,17,20-23,25-26,49H,4-6,10-11,13-16,18-19H2,1-3H3,(H,41,43,44)/t23-,25-,26+/m1/s1. The number of fused-ring (bicyclic) bond motifs is 3. The Morgan fingerprint density at radius 1 is 0.980 bits per heavy atom. The summed E-state index contributed by atoms with van der Waals surface area (Å²) >= 11 is 0. The van der Waals surface area contributed by atoms with Crippen LogP contribution in [0.15, 0.2) is 42.9 Å². The van der Waals surface area contributed by atoms with Crippen molar-refractivity contribution in [3.63, 3.8) is 0 Å². The van der Waals surface area contributed by atoms with Gasteiger partial charge in [0.1, 0.15) is 11.6 Å². The zero-order valence-corrected chi connectivity index (χ0v) is 29.3. The first-order chi connectivity index (χ1) is 24.6. The van der Waals surface area contributed by atoms with Crippen LogP contribution in [0.25, 0.3) is 22.3 Å². The van der Waals surface area contributed by atoms with E-state index in [-0.39, 0.29) is 29.6 Å². The predicted molar refractivity (Wildman–Crippen MR) is 190 cm³/mol. The van der Waals surface area contributed by atoms with E-state index in [0.717, 1.165) is 42.7 Å². The number of aromatic nitrogens is 4. The number of anilines is 3. The smallest absolute Gasteiger partial charge is 0.251 e. The molecule has 4 aromatic rings. The maximum Gasteiger partial charge on any atom is 0.251 e. The first-order valence-corrected chi connectivity index (χ1v) is 18.2. The van der Waals surface area contributed by atoms with E-state index in [1.54, 1.807) is 11.2 Å². The molecule has 1 aromatic carbocycles. The molecule has 6 heterocycles. The Bertz CT molecular complexity index is 1990. The highest BCUT2D eigenvalue weighted by Gasteiger charge is 2.56. The van der Waals surface area contributed by atoms with Crippen molar-refractivity contribution in [2.24, 2.45) is 0 Å². The average Bonchev–Trinajstić information content (AvgIpc) is 3.64. The van der Waals surface area contributed by atoms with Crippen LogP contribution in [0.5, 0.6) is 0 Å². The number of benzene rings is 1. The van der Waals surface area contributed by atoms with Crippen LogP contribution < -0.4 is 10.2 Å². The molecule has 51 heavy (non-hydrogen) atoms. The first kappa shape index (κ1) is 33.6. The Kier molecular flexibility index (Phi) is 8.53. The van der Waals surface area contributed by atoms with Crippen molar-refractivity contribution in [2.75, 3.05) is 36.4 Å². The Morgan fingerprint density at radius 3 is 2.43 bits per heavy atom. The monoisotopic (exact) mass is 698 g/mol. The third-order valence-corrected chi connectivity index (χ3v) is 11.6. The van der Waals surface area contributed by atoms with Crippen LogP contribution in [0.4, 0.5) is 26.0 Å². The number of hydrogen-bond acceptors (Lipinski definition) is 8. The number of imidazole rings is 1. The van der Waals surface area contributed by atoms with Crippen molar-refractivity contribution in [3.8, 4) is 11.3 Å². The molecule has 2 saturated heterocycles. The van der Waals surface area contributed by atoms with Gasteiger partial charge in [-0.3, -0.25) is 9.59 Å². The highest BCUT2D eigenvalue weighted by atomic mass is 19.2. The number of nitrogens with zero attached hydrogens (tertiary/aromatic N) is 7. The maximum absolute atomic E-state index is 14.8. The summed E-state index contributed by atoms with van der Waals surface area (Å²) in [4.78, 5) is 46.7. The fraction of sp³-hybridized carbons (Fsp3) is 0.500. The summed E-state index contributed by atoms with van der Waals surface area (Å²) in [6.07, 6.45) is 8.32. The molecule has 0 radical (unpaired) electrons. The van der Waals surface area contributed by atoms with E-state index in [0.29, 0.717) is 54.5 Å². The van der Waals surface area contributed by atoms with Crippen molar-refractivity contribution in [3.05, 3.63) is 60.2 Å². The predicted octanol–water partition coefficient (Wildman–Crippen LogP) is 5.70. The zero-order valence-electron chi connectivity index (χ0n) is 29.3. The molecule has 11 nitrogen and oxygen atoms in total. The van der Waals surface area contributed by atoms with E-state index >= 15 is 0 Å². The minimum Gasteiger partial charge on any atom is -0.384 e. The van der Waals surface area contributed by atoms with Gasteiger partial charge in [-0.15, -0.1) is 0 Å². The molecule has 1 atom stereocenters. The van der Waals surface area contributed by atoms with Crippen LogP contribution in [-0.4, -0.2) is 90.6 Å². The summed E-state index contributed by atoms with van der Waals surface area (Å²) in [5.74, 6) is -2.22. The fourth-order valence-electron chi connectivity index (χ4n) is 8.65. The summed E-state index contributed by atoms with van der Waals surface area (Å²) in [7, 11) is 0. The maximum atomic E-state index is 14.8. The quantitative estimate of drug-likeness (QED) is 0.236. The number of pyridine rings is 2. The van der Waals surface area contributed by atoms with E-state index in [9.17, 15) is 23.5 Å². The van der Waals surface area contributed by atoms with Gasteiger partial charge in [0.05, 0.1) is 28.6 Å². The van der Waals surface area contributed by atoms with Crippen molar-refractivity contribution < 1.29 is 23.5 Å². The minimum absolute atomic E-state index is 0.0246. The lowest BCUT2D eigenvalue weighted by Crippen LogP contribution is -2.58. The Hall–Kier alpha value is -4.49. The van der Waals surface area contributed by atoms with Gasteiger partial charge in [-0.25, -0.2) is 15.0 Å². The number of amides is 2. The topological polar surface area (TPSA) is 120 Å². The molecular formula is C38H44F2N8O3. The second-order valence-electron chi connectivity index (χ2n) is 14.9. The molecule has 1 saturated carbocycles. The van der Waals surface area contributed by atoms with E-state index in [1.807, 2.05) is 47.6 Å². The summed E-state index contributed by atoms with van der Waals surface area (Å²) in [6, 6.07) is 9.83. The lowest BCUT2D eigenvalue weighted by molar-refractivity contribution is -0.142. The van der Waals surface area contributed by atoms with Crippen LogP contribution >= 0.6 is 0 Å². The summed E-state index contributed by atoms with van der Waals surface area (Å²) < 4.78 is 30.9. The van der Waals surface area contributed by atoms with Gasteiger partial charge in [0, 0.05) is 48.7 Å². The van der Waals surface area contributed by atoms with E-state index in [1.165, 1.54) is 38.4 Å². The molecule has 13 heteroatoms. The lowest BCUT2D eigenvalue weighted by Gasteiger charge is -2.48. The molecule has 2 N–H and O–H groups in total. The zero-order chi connectivity index (χ0) is 35.6. The third-order valence-electron chi connectivity index (χ3n) is 11.6. The molecular weight excluding hydrogens is 654 g/mol. The number of aliphatic hydroxyl groups is 1. The van der Waals surface area contributed by atoms with Crippen molar-refractivity contribution >= 4 is 40.0 Å². The molecule has 3 aromatic heterocycles. The van der Waals surface area contributed by atoms with Gasteiger partial charge in [-0.05, 0) is 96.1 Å². The number of likely N-dealkylation sites (tertiary alicyclic amines) is 2. The van der Waals surface area contributed by atoms with Crippen LogP contribution in [0.3, 0.4) is 0 Å². The van der Waals surface area contributed by atoms with Gasteiger partial charge < -0.3 is 29.7 Å². The number of carbonyl (C=O) groups excluding carboxylic acids is 2. The number of halogens is 2. The summed E-state index contributed by atoms with van der Waals surface area (Å²) in [5, 5.41) is 13.0. The number of carbonyl (C=O) groups is 2. The van der Waals surface area contributed by atoms with Gasteiger partial charge in [-0.2, -0.15) is 8.78 Å². The molecule has 1 aliphatic carbocycles. The molecule has 1 spiro atoms. The number of rotatable bonds is 7. The van der Waals surface area contributed by atoms with Crippen LogP contribution in [0.2, 0.25) is 0 Å². The first-order valence-electron chi connectivity index (χ1n) is 18.2. The van der Waals surface area contributed by atoms with Crippen LogP contribution in [-0.2, 0) is 15.0 Å². The number of hydrogen-bond donors (Lipinski definition) is 2. The number of nitrogens with one attached hydrogen (secondary N) is 1. The Labute approximate surface area is 295 Å². The number of aliphatic hydroxyl groups excluding tert-OH is 1. The molecule has 0 bridgehead atoms. The van der Waals surface area contributed by atoms with Crippen LogP contribution in [0, 0.1) is 11.8 Å². The molecule has 4 aliphatic rings. The van der Waals surface area contributed by atoms with E-state index in [2.05, 4.69) is 20.2 Å². The van der Waals surface area contributed by atoms with Crippen molar-refractivity contribution in [1.29, 1.82) is 0 Å². The average molecular weight is 699 g/mol. The van der Waals surface area contributed by atoms with Gasteiger partial charge in [-0.1, -0.05) is 18.6 Å². The molecule has 3 fully saturated rings. The molecule has 8 rings (SSSR count). The fourth-order valence-corrected chi connectivity index (χ4v) is 8.65. The van der Waals surface area contributed by atoms with E-state index in [4.69, 9.17) is 4.98 Å². The van der Waals surface area contributed by atoms with Gasteiger partial charge in [0.15, 0.2) is 5.82 Å². The summed E-state index contributed by atoms with van der Waals surface area (Å²) in [5.41, 5.74) is 3.59. The highest BCUT2D eigenvalue weighted by molar-refractivity contribution is 6.09. The normalized spacial score (nSPS) is 22.5. The van der Waals surface area contributed by atoms with E-state index < -0.39 is 23.3 Å². The van der Waals surface area contributed by atoms with Gasteiger partial charge >= 0.3 is 0 Å². The molecule has 0 unspecified atom stereocenters. The van der Waals surface area contributed by atoms with Gasteiger partial charge in [0.25, 0.3) is 11.9 Å². The van der Waals surface area contributed by atoms with Crippen LogP contribution in [0.1, 0.15) is 77.3 Å². The Morgan fingerprint density at radius 2 is 1.73 bits per heavy atom. The Balaban J connectivity index is 1.19. The molecule has 3 aliphatic heterocycles. The van der Waals surface area contributed by atoms with Gasteiger partial charge in [0.2, 0.25) is 11.7 Å². The van der Waals surface area contributed by atoms with Crippen molar-refractivity contribution in [1.82, 2.24) is 29.3 Å². The second-order valence-corrected chi connectivity index (χ2v) is 14.9. The van der Waals surface area contributed by atoms with Crippen molar-refractivity contribution in [2.45, 2.75) is 95.4 Å². The highest BCUT2D eigenvalue weighted by Crippen LogP contribution is 2.52. The number of piperidine rings is 2. The second kappa shape index (κ2) is 12.9.